The van der Waals surface area contributed by atoms with Crippen LogP contribution in [0.3, 0.4) is 0 Å². The fraction of sp³-hybridized carbons (Fsp3) is 0.217. The van der Waals surface area contributed by atoms with Crippen molar-refractivity contribution >= 4 is 23.1 Å². The minimum absolute atomic E-state index is 0.179. The van der Waals surface area contributed by atoms with Gasteiger partial charge < -0.3 is 20.1 Å². The highest BCUT2D eigenvalue weighted by Crippen LogP contribution is 2.33. The average molecular weight is 389 g/mol. The summed E-state index contributed by atoms with van der Waals surface area (Å²) in [5.74, 6) is 2.12. The number of aryl methyl sites for hydroxylation is 1. The van der Waals surface area contributed by atoms with Gasteiger partial charge in [0.05, 0.1) is 11.9 Å². The number of hydrogen-bond acceptors (Lipinski definition) is 5. The van der Waals surface area contributed by atoms with Crippen LogP contribution in [-0.4, -0.2) is 17.7 Å². The Morgan fingerprint density at radius 1 is 1.07 bits per heavy atom. The molecule has 0 atom stereocenters. The predicted octanol–water partition coefficient (Wildman–Crippen LogP) is 5.24. The number of fused-ring (bicyclic) bond motifs is 1. The third-order valence-corrected chi connectivity index (χ3v) is 4.84. The second-order valence-corrected chi connectivity index (χ2v) is 7.27. The van der Waals surface area contributed by atoms with Crippen LogP contribution in [0.5, 0.6) is 11.5 Å². The van der Waals surface area contributed by atoms with Crippen LogP contribution in [0, 0.1) is 6.92 Å². The number of amides is 1. The van der Waals surface area contributed by atoms with Crippen LogP contribution in [0.1, 0.15) is 41.3 Å². The zero-order valence-corrected chi connectivity index (χ0v) is 16.7. The molecule has 0 spiro atoms. The van der Waals surface area contributed by atoms with Gasteiger partial charge in [-0.2, -0.15) is 0 Å². The van der Waals surface area contributed by atoms with E-state index in [1.807, 2.05) is 12.1 Å². The van der Waals surface area contributed by atoms with Crippen LogP contribution in [0.25, 0.3) is 0 Å². The Hall–Kier alpha value is -3.54. The Morgan fingerprint density at radius 2 is 1.90 bits per heavy atom. The molecular formula is C23H23N3O3. The van der Waals surface area contributed by atoms with E-state index in [2.05, 4.69) is 54.6 Å². The average Bonchev–Trinajstić information content (AvgIpc) is 3.18. The van der Waals surface area contributed by atoms with E-state index in [0.717, 1.165) is 17.1 Å². The highest BCUT2D eigenvalue weighted by atomic mass is 16.7. The zero-order chi connectivity index (χ0) is 20.4. The van der Waals surface area contributed by atoms with Crippen LogP contribution in [0.2, 0.25) is 0 Å². The highest BCUT2D eigenvalue weighted by molar-refractivity contribution is 6.04. The Morgan fingerprint density at radius 3 is 2.66 bits per heavy atom. The van der Waals surface area contributed by atoms with Gasteiger partial charge in [0.1, 0.15) is 5.82 Å². The predicted molar refractivity (Wildman–Crippen MR) is 113 cm³/mol. The molecule has 3 aromatic rings. The number of hydrogen-bond donors (Lipinski definition) is 2. The van der Waals surface area contributed by atoms with Crippen molar-refractivity contribution < 1.29 is 14.3 Å². The summed E-state index contributed by atoms with van der Waals surface area (Å²) in [4.78, 5) is 17.0. The quantitative estimate of drug-likeness (QED) is 0.624. The van der Waals surface area contributed by atoms with Crippen molar-refractivity contribution in [1.29, 1.82) is 0 Å². The second kappa shape index (κ2) is 7.83. The first-order valence-corrected chi connectivity index (χ1v) is 9.55. The number of nitrogens with one attached hydrogen (secondary N) is 2. The first-order valence-electron chi connectivity index (χ1n) is 9.55. The van der Waals surface area contributed by atoms with Gasteiger partial charge in [-0.25, -0.2) is 4.98 Å². The molecule has 1 aliphatic heterocycles. The summed E-state index contributed by atoms with van der Waals surface area (Å²) in [7, 11) is 0. The number of nitrogens with zero attached hydrogens (tertiary/aromatic N) is 1. The van der Waals surface area contributed by atoms with Crippen molar-refractivity contribution in [3.8, 4) is 11.5 Å². The first-order chi connectivity index (χ1) is 14.0. The maximum atomic E-state index is 12.5. The molecule has 2 aromatic carbocycles. The SMILES string of the molecule is Cc1cccc(C(C)C)c1Nc1ccc(NC(=O)c2ccc3c(c2)OCO3)cn1. The Balaban J connectivity index is 1.47. The summed E-state index contributed by atoms with van der Waals surface area (Å²) in [6, 6.07) is 15.1. The number of ether oxygens (including phenoxy) is 2. The maximum absolute atomic E-state index is 12.5. The molecule has 0 saturated heterocycles. The summed E-state index contributed by atoms with van der Waals surface area (Å²) in [5, 5.41) is 6.26. The number of para-hydroxylation sites is 1. The van der Waals surface area contributed by atoms with Gasteiger partial charge in [0.2, 0.25) is 6.79 Å². The van der Waals surface area contributed by atoms with E-state index in [4.69, 9.17) is 9.47 Å². The fourth-order valence-corrected chi connectivity index (χ4v) is 3.25. The van der Waals surface area contributed by atoms with E-state index in [0.29, 0.717) is 28.7 Å². The topological polar surface area (TPSA) is 72.5 Å². The highest BCUT2D eigenvalue weighted by Gasteiger charge is 2.16. The number of carbonyl (C=O) groups is 1. The second-order valence-electron chi connectivity index (χ2n) is 7.27. The van der Waals surface area contributed by atoms with E-state index < -0.39 is 0 Å². The summed E-state index contributed by atoms with van der Waals surface area (Å²) in [5.41, 5.74) is 4.60. The van der Waals surface area contributed by atoms with Gasteiger partial charge in [-0.1, -0.05) is 32.0 Å². The molecule has 6 nitrogen and oxygen atoms in total. The molecule has 0 unspecified atom stereocenters. The van der Waals surface area contributed by atoms with Gasteiger partial charge in [-0.15, -0.1) is 0 Å². The molecule has 148 valence electrons. The lowest BCUT2D eigenvalue weighted by Gasteiger charge is -2.17. The number of carbonyl (C=O) groups excluding carboxylic acids is 1. The lowest BCUT2D eigenvalue weighted by atomic mass is 9.98. The van der Waals surface area contributed by atoms with Crippen molar-refractivity contribution in [2.45, 2.75) is 26.7 Å². The van der Waals surface area contributed by atoms with Crippen LogP contribution < -0.4 is 20.1 Å². The molecule has 4 rings (SSSR count). The molecule has 0 fully saturated rings. The molecule has 0 saturated carbocycles. The molecular weight excluding hydrogens is 366 g/mol. The third-order valence-electron chi connectivity index (χ3n) is 4.84. The summed E-state index contributed by atoms with van der Waals surface area (Å²) in [6.45, 7) is 6.59. The van der Waals surface area contributed by atoms with Crippen molar-refractivity contribution in [1.82, 2.24) is 4.98 Å². The monoisotopic (exact) mass is 389 g/mol. The minimum Gasteiger partial charge on any atom is -0.454 e. The molecule has 6 heteroatoms. The molecule has 1 aliphatic rings. The minimum atomic E-state index is -0.230. The number of aromatic nitrogens is 1. The van der Waals surface area contributed by atoms with Crippen molar-refractivity contribution in [3.63, 3.8) is 0 Å². The van der Waals surface area contributed by atoms with Gasteiger partial charge in [-0.05, 0) is 54.3 Å². The molecule has 1 aromatic heterocycles. The number of pyridine rings is 1. The zero-order valence-electron chi connectivity index (χ0n) is 16.7. The van der Waals surface area contributed by atoms with Crippen LogP contribution >= 0.6 is 0 Å². The summed E-state index contributed by atoms with van der Waals surface area (Å²) < 4.78 is 10.6. The Kier molecular flexibility index (Phi) is 5.08. The van der Waals surface area contributed by atoms with E-state index >= 15 is 0 Å². The number of rotatable bonds is 5. The third kappa shape index (κ3) is 4.01. The van der Waals surface area contributed by atoms with Crippen LogP contribution in [-0.2, 0) is 0 Å². The van der Waals surface area contributed by atoms with Gasteiger partial charge >= 0.3 is 0 Å². The molecule has 2 heterocycles. The number of benzene rings is 2. The maximum Gasteiger partial charge on any atom is 0.255 e. The van der Waals surface area contributed by atoms with Crippen LogP contribution in [0.15, 0.2) is 54.7 Å². The number of anilines is 3. The van der Waals surface area contributed by atoms with Gasteiger partial charge in [0.15, 0.2) is 11.5 Å². The Bertz CT molecular complexity index is 1050. The normalized spacial score (nSPS) is 12.1. The Labute approximate surface area is 169 Å². The smallest absolute Gasteiger partial charge is 0.255 e. The molecule has 0 radical (unpaired) electrons. The summed E-state index contributed by atoms with van der Waals surface area (Å²) in [6.07, 6.45) is 1.64. The van der Waals surface area contributed by atoms with Crippen molar-refractivity contribution in [2.24, 2.45) is 0 Å². The van der Waals surface area contributed by atoms with E-state index in [1.54, 1.807) is 24.4 Å². The molecule has 0 bridgehead atoms. The van der Waals surface area contributed by atoms with E-state index in [-0.39, 0.29) is 12.7 Å². The molecule has 1 amide bonds. The fourth-order valence-electron chi connectivity index (χ4n) is 3.25. The van der Waals surface area contributed by atoms with E-state index in [1.165, 1.54) is 5.56 Å². The van der Waals surface area contributed by atoms with Crippen molar-refractivity contribution in [3.05, 3.63) is 71.4 Å². The van der Waals surface area contributed by atoms with Gasteiger partial charge in [0.25, 0.3) is 5.91 Å². The van der Waals surface area contributed by atoms with E-state index in [9.17, 15) is 4.79 Å². The largest absolute Gasteiger partial charge is 0.454 e. The van der Waals surface area contributed by atoms with Gasteiger partial charge in [-0.3, -0.25) is 4.79 Å². The summed E-state index contributed by atoms with van der Waals surface area (Å²) >= 11 is 0. The standard InChI is InChI=1S/C23H23N3O3/c1-14(2)18-6-4-5-15(3)22(18)26-21-10-8-17(12-24-21)25-23(27)16-7-9-19-20(11-16)29-13-28-19/h4-12,14H,13H2,1-3H3,(H,24,26)(H,25,27). The first kappa shape index (κ1) is 18.8. The van der Waals surface area contributed by atoms with Gasteiger partial charge in [0, 0.05) is 11.3 Å². The molecule has 0 aliphatic carbocycles. The lowest BCUT2D eigenvalue weighted by molar-refractivity contribution is 0.102. The molecule has 29 heavy (non-hydrogen) atoms. The van der Waals surface area contributed by atoms with Crippen molar-refractivity contribution in [2.75, 3.05) is 17.4 Å². The lowest BCUT2D eigenvalue weighted by Crippen LogP contribution is -2.12. The molecule has 2 N–H and O–H groups in total. The van der Waals surface area contributed by atoms with Crippen LogP contribution in [0.4, 0.5) is 17.2 Å².